The number of aromatic nitrogens is 3. The fraction of sp³-hybridized carbons (Fsp3) is 0.324. The van der Waals surface area contributed by atoms with Crippen LogP contribution < -0.4 is 15.4 Å². The average Bonchev–Trinajstić information content (AvgIpc) is 3.67. The molecule has 0 bridgehead atoms. The lowest BCUT2D eigenvalue weighted by molar-refractivity contribution is -0.402. The summed E-state index contributed by atoms with van der Waals surface area (Å²) in [5.74, 6) is 0.349. The third-order valence-electron chi connectivity index (χ3n) is 7.65. The Bertz CT molecular complexity index is 1980. The van der Waals surface area contributed by atoms with Crippen molar-refractivity contribution >= 4 is 62.2 Å². The van der Waals surface area contributed by atoms with Crippen molar-refractivity contribution in [1.82, 2.24) is 18.8 Å². The second-order valence-corrected chi connectivity index (χ2v) is 14.6. The van der Waals surface area contributed by atoms with E-state index in [1.807, 2.05) is 42.1 Å². The fourth-order valence-electron chi connectivity index (χ4n) is 5.05. The van der Waals surface area contributed by atoms with Crippen molar-refractivity contribution in [1.29, 1.82) is 0 Å². The first kappa shape index (κ1) is 34.3. The largest absolute Gasteiger partial charge is 0.443 e. The fourth-order valence-corrected chi connectivity index (χ4v) is 5.95. The summed E-state index contributed by atoms with van der Waals surface area (Å²) >= 11 is 0. The number of nitrogens with one attached hydrogen (secondary N) is 2. The molecule has 252 valence electrons. The number of hydrogen-bond donors (Lipinski definition) is 2. The molecular formula is C34H40N7O6S+. The van der Waals surface area contributed by atoms with E-state index in [-0.39, 0.29) is 36.4 Å². The van der Waals surface area contributed by atoms with E-state index >= 15 is 0 Å². The Morgan fingerprint density at radius 3 is 2.52 bits per heavy atom. The van der Waals surface area contributed by atoms with Gasteiger partial charge in [0.15, 0.2) is 12.4 Å². The summed E-state index contributed by atoms with van der Waals surface area (Å²) in [7, 11) is -1.27. The number of amides is 1. The molecule has 13 nitrogen and oxygen atoms in total. The van der Waals surface area contributed by atoms with Crippen LogP contribution in [0, 0.1) is 11.3 Å². The van der Waals surface area contributed by atoms with Gasteiger partial charge in [0.1, 0.15) is 19.0 Å². The summed E-state index contributed by atoms with van der Waals surface area (Å²) in [5.41, 5.74) is 1.97. The number of ether oxygens (including phenoxy) is 2. The van der Waals surface area contributed by atoms with E-state index in [4.69, 9.17) is 14.5 Å². The van der Waals surface area contributed by atoms with E-state index in [9.17, 15) is 18.0 Å². The van der Waals surface area contributed by atoms with Gasteiger partial charge in [-0.05, 0) is 63.6 Å². The minimum absolute atomic E-state index is 0.0565. The van der Waals surface area contributed by atoms with E-state index in [1.165, 1.54) is 16.6 Å². The second-order valence-electron chi connectivity index (χ2n) is 12.6. The summed E-state index contributed by atoms with van der Waals surface area (Å²) in [6, 6.07) is 16.3. The van der Waals surface area contributed by atoms with E-state index in [2.05, 4.69) is 22.2 Å². The third-order valence-corrected chi connectivity index (χ3v) is 8.92. The first-order valence-electron chi connectivity index (χ1n) is 15.3. The van der Waals surface area contributed by atoms with Gasteiger partial charge in [-0.1, -0.05) is 12.6 Å². The molecule has 1 saturated heterocycles. The van der Waals surface area contributed by atoms with Crippen molar-refractivity contribution in [2.75, 3.05) is 37.0 Å². The molecule has 2 aromatic heterocycles. The number of fused-ring (bicyclic) bond motifs is 1. The minimum atomic E-state index is -3.20. The smallest absolute Gasteiger partial charge is 0.312 e. The van der Waals surface area contributed by atoms with Crippen LogP contribution in [0.2, 0.25) is 0 Å². The zero-order valence-electron chi connectivity index (χ0n) is 27.6. The van der Waals surface area contributed by atoms with Crippen LogP contribution in [0.1, 0.15) is 27.2 Å². The first-order valence-corrected chi connectivity index (χ1v) is 17.2. The van der Waals surface area contributed by atoms with Crippen molar-refractivity contribution in [2.24, 2.45) is 11.3 Å². The normalized spacial score (nSPS) is 15.7. The number of esters is 1. The molecule has 1 unspecified atom stereocenters. The number of anilines is 3. The number of hydrogen-bond acceptors (Lipinski definition) is 9. The lowest BCUT2D eigenvalue weighted by atomic mass is 9.98. The van der Waals surface area contributed by atoms with Gasteiger partial charge in [-0.3, -0.25) is 14.2 Å². The van der Waals surface area contributed by atoms with E-state index in [0.717, 1.165) is 12.1 Å². The zero-order chi connectivity index (χ0) is 34.6. The van der Waals surface area contributed by atoms with Crippen molar-refractivity contribution < 1.29 is 32.1 Å². The number of carbonyl (C=O) groups is 2. The van der Waals surface area contributed by atoms with Gasteiger partial charge >= 0.3 is 5.97 Å². The van der Waals surface area contributed by atoms with E-state index < -0.39 is 15.4 Å². The Morgan fingerprint density at radius 2 is 1.85 bits per heavy atom. The monoisotopic (exact) mass is 674 g/mol. The molecule has 1 aliphatic heterocycles. The molecule has 4 aromatic rings. The Hall–Kier alpha value is -5.08. The van der Waals surface area contributed by atoms with Gasteiger partial charge in [0.2, 0.25) is 33.4 Å². The van der Waals surface area contributed by atoms with Gasteiger partial charge in [0.05, 0.1) is 23.0 Å². The van der Waals surface area contributed by atoms with Gasteiger partial charge in [-0.25, -0.2) is 17.3 Å². The Balaban J connectivity index is 1.40. The van der Waals surface area contributed by atoms with Gasteiger partial charge in [0.25, 0.3) is 0 Å². The molecule has 0 spiro atoms. The number of benzene rings is 2. The molecular weight excluding hydrogens is 634 g/mol. The highest BCUT2D eigenvalue weighted by molar-refractivity contribution is 7.88. The van der Waals surface area contributed by atoms with Crippen LogP contribution in [0.5, 0.6) is 11.6 Å². The first-order chi connectivity index (χ1) is 22.7. The molecule has 1 fully saturated rings. The molecule has 1 aliphatic rings. The van der Waals surface area contributed by atoms with Crippen LogP contribution in [-0.2, 0) is 31.1 Å². The highest BCUT2D eigenvalue weighted by Crippen LogP contribution is 2.32. The predicted molar refractivity (Wildman–Crippen MR) is 185 cm³/mol. The molecule has 14 heteroatoms. The molecule has 5 rings (SSSR count). The topological polar surface area (TPSA) is 148 Å². The van der Waals surface area contributed by atoms with Gasteiger partial charge in [0, 0.05) is 48.9 Å². The molecule has 0 aliphatic carbocycles. The summed E-state index contributed by atoms with van der Waals surface area (Å²) in [5, 5.41) is 6.54. The van der Waals surface area contributed by atoms with Crippen LogP contribution in [0.3, 0.4) is 0 Å². The third kappa shape index (κ3) is 8.44. The molecule has 0 saturated carbocycles. The van der Waals surface area contributed by atoms with Gasteiger partial charge in [-0.15, -0.1) is 0 Å². The highest BCUT2D eigenvalue weighted by Gasteiger charge is 2.29. The molecule has 2 aromatic carbocycles. The second kappa shape index (κ2) is 14.0. The van der Waals surface area contributed by atoms with Crippen LogP contribution >= 0.6 is 0 Å². The quantitative estimate of drug-likeness (QED) is 0.0941. The molecule has 1 amide bonds. The molecule has 48 heavy (non-hydrogen) atoms. The van der Waals surface area contributed by atoms with Crippen molar-refractivity contribution in [3.05, 3.63) is 73.4 Å². The van der Waals surface area contributed by atoms with Crippen LogP contribution in [0.25, 0.3) is 11.0 Å². The molecule has 0 radical (unpaired) electrons. The predicted octanol–water partition coefficient (Wildman–Crippen LogP) is 5.26. The maximum atomic E-state index is 12.5. The maximum Gasteiger partial charge on any atom is 0.312 e. The number of sulfonamides is 1. The van der Waals surface area contributed by atoms with Crippen molar-refractivity contribution in [3.63, 3.8) is 0 Å². The van der Waals surface area contributed by atoms with E-state index in [0.29, 0.717) is 41.2 Å². The summed E-state index contributed by atoms with van der Waals surface area (Å²) in [4.78, 5) is 33.7. The zero-order valence-corrected chi connectivity index (χ0v) is 28.5. The van der Waals surface area contributed by atoms with Crippen molar-refractivity contribution in [3.8, 4) is 11.6 Å². The van der Waals surface area contributed by atoms with Crippen LogP contribution in [-0.4, -0.2) is 76.3 Å². The summed E-state index contributed by atoms with van der Waals surface area (Å²) < 4.78 is 40.8. The Morgan fingerprint density at radius 1 is 1.10 bits per heavy atom. The lowest BCUT2D eigenvalue weighted by Gasteiger charge is -2.17. The average molecular weight is 675 g/mol. The summed E-state index contributed by atoms with van der Waals surface area (Å²) in [6.45, 7) is 9.77. The Labute approximate surface area is 280 Å². The molecule has 1 atom stereocenters. The van der Waals surface area contributed by atoms with Crippen LogP contribution in [0.4, 0.5) is 23.0 Å². The van der Waals surface area contributed by atoms with Gasteiger partial charge < -0.3 is 20.1 Å². The maximum absolute atomic E-state index is 12.5. The molecule has 3 heterocycles. The van der Waals surface area contributed by atoms with Gasteiger partial charge in [-0.2, -0.15) is 9.97 Å². The standard InChI is InChI=1S/C34H39N7O6S/c1-7-29(42)35-25-9-8-10-27(19-25)47-31-28-16-17-40(22-46-32(43)34(2,3)4)30(28)37-33(38-31)36-24-11-13-26(14-12-24)39(5)20-23-15-18-41(21-23)48(6,44)45/h7-14,16-17,19-20,23H,1,15,18,21-22H2,2-6H3,(H-,35,36,37,38,42)/p+1. The lowest BCUT2D eigenvalue weighted by Crippen LogP contribution is -2.28. The molecule has 2 N–H and O–H groups in total. The highest BCUT2D eigenvalue weighted by atomic mass is 32.2. The Kier molecular flexibility index (Phi) is 9.96. The summed E-state index contributed by atoms with van der Waals surface area (Å²) in [6.07, 6.45) is 6.98. The van der Waals surface area contributed by atoms with Crippen LogP contribution in [0.15, 0.2) is 73.4 Å². The number of carbonyl (C=O) groups excluding carboxylic acids is 2. The van der Waals surface area contributed by atoms with Crippen molar-refractivity contribution in [2.45, 2.75) is 33.9 Å². The minimum Gasteiger partial charge on any atom is -0.443 e. The van der Waals surface area contributed by atoms with E-state index in [1.54, 1.807) is 61.9 Å². The number of rotatable bonds is 11. The SMILES string of the molecule is C=CC(=O)Nc1cccc(Oc2nc(Nc3ccc([N+](C)=CC4CCN(S(C)(=O)=O)C4)cc3)nc3c2ccn3COC(=O)C(C)(C)C)c1. The number of nitrogens with zero attached hydrogens (tertiary/aromatic N) is 5.